The highest BCUT2D eigenvalue weighted by Crippen LogP contribution is 2.36. The van der Waals surface area contributed by atoms with E-state index in [1.54, 1.807) is 16.8 Å². The van der Waals surface area contributed by atoms with Crippen molar-refractivity contribution in [2.24, 2.45) is 0 Å². The highest BCUT2D eigenvalue weighted by atomic mass is 16.3. The molecule has 3 aromatic heterocycles. The van der Waals surface area contributed by atoms with Crippen molar-refractivity contribution < 1.29 is 9.90 Å². The van der Waals surface area contributed by atoms with Crippen molar-refractivity contribution in [3.8, 4) is 11.4 Å². The zero-order valence-electron chi connectivity index (χ0n) is 18.2. The van der Waals surface area contributed by atoms with Crippen LogP contribution >= 0.6 is 0 Å². The second-order valence-corrected chi connectivity index (χ2v) is 7.93. The largest absolute Gasteiger partial charge is 0.508 e. The van der Waals surface area contributed by atoms with E-state index in [0.717, 1.165) is 28.2 Å². The molecule has 1 amide bonds. The van der Waals surface area contributed by atoms with Crippen LogP contribution in [0.5, 0.6) is 5.75 Å². The van der Waals surface area contributed by atoms with Crippen LogP contribution in [0.25, 0.3) is 16.7 Å². The van der Waals surface area contributed by atoms with Gasteiger partial charge in [-0.1, -0.05) is 6.07 Å². The number of phenolic OH excluding ortho intramolecular Hbond substituents is 1. The summed E-state index contributed by atoms with van der Waals surface area (Å²) in [5, 5.41) is 20.9. The lowest BCUT2D eigenvalue weighted by atomic mass is 10.1. The minimum absolute atomic E-state index is 0.156. The number of carbonyl (C=O) groups is 1. The van der Waals surface area contributed by atoms with Gasteiger partial charge in [0.25, 0.3) is 5.91 Å². The summed E-state index contributed by atoms with van der Waals surface area (Å²) in [6.07, 6.45) is 1.71. The van der Waals surface area contributed by atoms with Crippen molar-refractivity contribution in [1.82, 2.24) is 25.1 Å². The molecule has 1 atom stereocenters. The number of hydrogen-bond donors (Lipinski definition) is 4. The van der Waals surface area contributed by atoms with Crippen molar-refractivity contribution in [3.05, 3.63) is 64.1 Å². The molecule has 0 spiro atoms. The Morgan fingerprint density at radius 1 is 1.19 bits per heavy atom. The van der Waals surface area contributed by atoms with Crippen LogP contribution in [0.4, 0.5) is 5.82 Å². The fraction of sp³-hybridized carbons (Fsp3) is 0.261. The maximum atomic E-state index is 13.3. The molecular weight excluding hydrogens is 392 g/mol. The molecule has 0 aliphatic carbocycles. The Labute approximate surface area is 180 Å². The fourth-order valence-corrected chi connectivity index (χ4v) is 3.90. The number of nitrogens with two attached hydrogens (primary N) is 1. The van der Waals surface area contributed by atoms with E-state index in [0.29, 0.717) is 22.2 Å². The number of amides is 1. The van der Waals surface area contributed by atoms with Gasteiger partial charge in [0.2, 0.25) is 0 Å². The van der Waals surface area contributed by atoms with Crippen LogP contribution in [0.2, 0.25) is 0 Å². The van der Waals surface area contributed by atoms with Crippen LogP contribution in [0, 0.1) is 27.7 Å². The molecule has 0 aliphatic heterocycles. The number of rotatable bonds is 4. The van der Waals surface area contributed by atoms with Gasteiger partial charge in [-0.15, -0.1) is 0 Å². The minimum atomic E-state index is -0.308. The van der Waals surface area contributed by atoms with E-state index in [9.17, 15) is 9.90 Å². The first-order valence-corrected chi connectivity index (χ1v) is 10.1. The molecule has 3 heterocycles. The number of pyridine rings is 1. The molecule has 160 valence electrons. The van der Waals surface area contributed by atoms with Crippen molar-refractivity contribution in [2.45, 2.75) is 40.7 Å². The normalized spacial score (nSPS) is 12.3. The zero-order chi connectivity index (χ0) is 22.4. The van der Waals surface area contributed by atoms with Crippen LogP contribution in [-0.4, -0.2) is 30.8 Å². The number of aromatic hydroxyl groups is 1. The summed E-state index contributed by atoms with van der Waals surface area (Å²) in [6, 6.07) is 6.92. The molecule has 31 heavy (non-hydrogen) atoms. The predicted molar refractivity (Wildman–Crippen MR) is 121 cm³/mol. The Kier molecular flexibility index (Phi) is 4.93. The van der Waals surface area contributed by atoms with Crippen LogP contribution in [0.15, 0.2) is 30.5 Å². The lowest BCUT2D eigenvalue weighted by Crippen LogP contribution is -2.27. The van der Waals surface area contributed by atoms with E-state index >= 15 is 0 Å². The molecule has 0 fully saturated rings. The molecular formula is C23H26N6O2. The number of benzene rings is 1. The summed E-state index contributed by atoms with van der Waals surface area (Å²) >= 11 is 0. The van der Waals surface area contributed by atoms with Crippen LogP contribution in [0.1, 0.15) is 51.4 Å². The lowest BCUT2D eigenvalue weighted by Gasteiger charge is -2.16. The Hall–Kier alpha value is -3.81. The van der Waals surface area contributed by atoms with Gasteiger partial charge >= 0.3 is 0 Å². The van der Waals surface area contributed by atoms with Crippen molar-refractivity contribution in [3.63, 3.8) is 0 Å². The number of fused-ring (bicyclic) bond motifs is 1. The number of aromatic amines is 1. The molecule has 0 aliphatic rings. The van der Waals surface area contributed by atoms with E-state index < -0.39 is 0 Å². The SMILES string of the molecule is Cc1cc2c(C(=O)N[C@H](C)c3cc[nH]n3)c(N)n(-c3c(C)ccc(O)c3C)c2nc1C. The lowest BCUT2D eigenvalue weighted by molar-refractivity contribution is 0.0941. The summed E-state index contributed by atoms with van der Waals surface area (Å²) in [5.74, 6) is 0.122. The average molecular weight is 419 g/mol. The quantitative estimate of drug-likeness (QED) is 0.402. The van der Waals surface area contributed by atoms with E-state index in [1.165, 1.54) is 0 Å². The number of H-pyrrole nitrogens is 1. The number of carbonyl (C=O) groups excluding carboxylic acids is 1. The molecule has 5 N–H and O–H groups in total. The Morgan fingerprint density at radius 2 is 1.94 bits per heavy atom. The predicted octanol–water partition coefficient (Wildman–Crippen LogP) is 3.76. The minimum Gasteiger partial charge on any atom is -0.508 e. The first-order valence-electron chi connectivity index (χ1n) is 10.1. The Bertz CT molecular complexity index is 1300. The first-order chi connectivity index (χ1) is 14.7. The van der Waals surface area contributed by atoms with Crippen molar-refractivity contribution >= 4 is 22.8 Å². The Balaban J connectivity index is 1.95. The number of phenols is 1. The van der Waals surface area contributed by atoms with Gasteiger partial charge in [0.05, 0.1) is 23.0 Å². The number of nitrogens with one attached hydrogen (secondary N) is 2. The third kappa shape index (κ3) is 3.30. The summed E-state index contributed by atoms with van der Waals surface area (Å²) < 4.78 is 1.76. The van der Waals surface area contributed by atoms with Crippen molar-refractivity contribution in [2.75, 3.05) is 5.73 Å². The standard InChI is InChI=1S/C23H26N6O2/c1-11-6-7-18(30)13(3)20(11)29-21(24)19(16-10-12(2)14(4)26-22(16)29)23(31)27-15(5)17-8-9-25-28-17/h6-10,15,30H,24H2,1-5H3,(H,25,28)(H,27,31)/t15-/m1/s1. The molecule has 4 rings (SSSR count). The topological polar surface area (TPSA) is 122 Å². The second-order valence-electron chi connectivity index (χ2n) is 7.93. The first kappa shape index (κ1) is 20.5. The molecule has 0 saturated heterocycles. The van der Waals surface area contributed by atoms with Crippen LogP contribution in [0.3, 0.4) is 0 Å². The molecule has 0 saturated carbocycles. The number of anilines is 1. The molecule has 8 nitrogen and oxygen atoms in total. The third-order valence-corrected chi connectivity index (χ3v) is 5.79. The summed E-state index contributed by atoms with van der Waals surface area (Å²) in [5.41, 5.74) is 12.4. The van der Waals surface area contributed by atoms with Crippen LogP contribution < -0.4 is 11.1 Å². The fourth-order valence-electron chi connectivity index (χ4n) is 3.90. The highest BCUT2D eigenvalue weighted by Gasteiger charge is 2.26. The van der Waals surface area contributed by atoms with Gasteiger partial charge in [-0.2, -0.15) is 5.10 Å². The second kappa shape index (κ2) is 7.46. The molecule has 0 unspecified atom stereocenters. The Morgan fingerprint density at radius 3 is 2.61 bits per heavy atom. The van der Waals surface area contributed by atoms with Gasteiger partial charge in [0.15, 0.2) is 0 Å². The van der Waals surface area contributed by atoms with Gasteiger partial charge in [-0.25, -0.2) is 4.98 Å². The molecule has 0 radical (unpaired) electrons. The number of nitrogens with zero attached hydrogens (tertiary/aromatic N) is 3. The summed E-state index contributed by atoms with van der Waals surface area (Å²) in [4.78, 5) is 18.1. The molecule has 4 aromatic rings. The van der Waals surface area contributed by atoms with Crippen LogP contribution in [-0.2, 0) is 0 Å². The van der Waals surface area contributed by atoms with E-state index in [-0.39, 0.29) is 23.5 Å². The molecule has 8 heteroatoms. The number of nitrogen functional groups attached to an aromatic ring is 1. The molecule has 0 bridgehead atoms. The van der Waals surface area contributed by atoms with Gasteiger partial charge in [-0.3, -0.25) is 14.5 Å². The maximum absolute atomic E-state index is 13.3. The van der Waals surface area contributed by atoms with E-state index in [1.807, 2.05) is 52.8 Å². The summed E-state index contributed by atoms with van der Waals surface area (Å²) in [7, 11) is 0. The average Bonchev–Trinajstić information content (AvgIpc) is 3.34. The zero-order valence-corrected chi connectivity index (χ0v) is 18.2. The third-order valence-electron chi connectivity index (χ3n) is 5.79. The maximum Gasteiger partial charge on any atom is 0.256 e. The number of aryl methyl sites for hydroxylation is 3. The summed E-state index contributed by atoms with van der Waals surface area (Å²) in [6.45, 7) is 9.50. The van der Waals surface area contributed by atoms with Gasteiger partial charge in [0.1, 0.15) is 17.2 Å². The van der Waals surface area contributed by atoms with E-state index in [2.05, 4.69) is 15.5 Å². The monoisotopic (exact) mass is 418 g/mol. The smallest absolute Gasteiger partial charge is 0.256 e. The van der Waals surface area contributed by atoms with Gasteiger partial charge < -0.3 is 16.2 Å². The van der Waals surface area contributed by atoms with Crippen molar-refractivity contribution in [1.29, 1.82) is 0 Å². The van der Waals surface area contributed by atoms with E-state index in [4.69, 9.17) is 10.7 Å². The number of aromatic nitrogens is 4. The highest BCUT2D eigenvalue weighted by molar-refractivity contribution is 6.12. The van der Waals surface area contributed by atoms with Gasteiger partial charge in [-0.05, 0) is 63.9 Å². The molecule has 1 aromatic carbocycles. The number of hydrogen-bond acceptors (Lipinski definition) is 5. The van der Waals surface area contributed by atoms with Gasteiger partial charge in [0, 0.05) is 22.8 Å².